The molecular formula is C26H26F3N7O3S. The molecule has 0 aliphatic carbocycles. The van der Waals surface area contributed by atoms with Gasteiger partial charge in [0.2, 0.25) is 5.95 Å². The van der Waals surface area contributed by atoms with Crippen LogP contribution in [0.5, 0.6) is 0 Å². The van der Waals surface area contributed by atoms with Gasteiger partial charge in [0.05, 0.1) is 27.6 Å². The Morgan fingerprint density at radius 2 is 1.98 bits per heavy atom. The van der Waals surface area contributed by atoms with E-state index in [2.05, 4.69) is 35.6 Å². The van der Waals surface area contributed by atoms with Crippen LogP contribution in [-0.4, -0.2) is 50.9 Å². The van der Waals surface area contributed by atoms with Gasteiger partial charge < -0.3 is 14.7 Å². The molecule has 2 fully saturated rings. The van der Waals surface area contributed by atoms with E-state index in [1.54, 1.807) is 38.3 Å². The minimum absolute atomic E-state index is 0.188. The van der Waals surface area contributed by atoms with Gasteiger partial charge in [0, 0.05) is 25.8 Å². The number of rotatable bonds is 7. The van der Waals surface area contributed by atoms with Crippen LogP contribution < -0.4 is 15.5 Å². The van der Waals surface area contributed by atoms with Gasteiger partial charge in [0.15, 0.2) is 0 Å². The van der Waals surface area contributed by atoms with E-state index in [4.69, 9.17) is 4.52 Å². The molecule has 40 heavy (non-hydrogen) atoms. The first-order chi connectivity index (χ1) is 19.1. The molecule has 10 nitrogen and oxygen atoms in total. The van der Waals surface area contributed by atoms with Crippen molar-refractivity contribution in [1.82, 2.24) is 30.7 Å². The maximum absolute atomic E-state index is 13.6. The smallest absolute Gasteiger partial charge is 0.361 e. The zero-order valence-corrected chi connectivity index (χ0v) is 22.5. The molecule has 0 radical (unpaired) electrons. The predicted octanol–water partition coefficient (Wildman–Crippen LogP) is 4.49. The van der Waals surface area contributed by atoms with Crippen molar-refractivity contribution < 1.29 is 27.3 Å². The van der Waals surface area contributed by atoms with Crippen molar-refractivity contribution in [2.45, 2.75) is 39.4 Å². The third-order valence-electron chi connectivity index (χ3n) is 6.71. The Morgan fingerprint density at radius 1 is 1.20 bits per heavy atom. The highest BCUT2D eigenvalue weighted by molar-refractivity contribution is 8.18. The van der Waals surface area contributed by atoms with E-state index in [1.807, 2.05) is 0 Å². The summed E-state index contributed by atoms with van der Waals surface area (Å²) in [6, 6.07) is 4.38. The number of anilines is 1. The van der Waals surface area contributed by atoms with Gasteiger partial charge in [-0.15, -0.1) is 0 Å². The third kappa shape index (κ3) is 6.33. The number of thioether (sulfide) groups is 1. The number of pyridine rings is 1. The lowest BCUT2D eigenvalue weighted by molar-refractivity contribution is -0.141. The number of nitrogens with one attached hydrogen (secondary N) is 2. The van der Waals surface area contributed by atoms with Gasteiger partial charge in [0.1, 0.15) is 11.5 Å². The first kappa shape index (κ1) is 27.8. The van der Waals surface area contributed by atoms with E-state index in [-0.39, 0.29) is 17.1 Å². The van der Waals surface area contributed by atoms with E-state index in [1.165, 1.54) is 0 Å². The summed E-state index contributed by atoms with van der Waals surface area (Å²) in [4.78, 5) is 38.3. The van der Waals surface area contributed by atoms with Gasteiger partial charge in [-0.3, -0.25) is 14.9 Å². The lowest BCUT2D eigenvalue weighted by Crippen LogP contribution is -2.38. The van der Waals surface area contributed by atoms with E-state index in [0.29, 0.717) is 59.8 Å². The van der Waals surface area contributed by atoms with Crippen molar-refractivity contribution in [1.29, 1.82) is 0 Å². The number of amides is 2. The summed E-state index contributed by atoms with van der Waals surface area (Å²) in [5.41, 5.74) is 1.21. The minimum atomic E-state index is -4.58. The molecule has 0 saturated carbocycles. The average Bonchev–Trinajstić information content (AvgIpc) is 3.42. The number of nitrogens with zero attached hydrogens (tertiary/aromatic N) is 5. The van der Waals surface area contributed by atoms with Crippen LogP contribution in [-0.2, 0) is 17.5 Å². The Bertz CT molecular complexity index is 1450. The normalized spacial score (nSPS) is 17.6. The zero-order valence-electron chi connectivity index (χ0n) is 21.7. The number of carbonyl (C=O) groups is 2. The topological polar surface area (TPSA) is 126 Å². The van der Waals surface area contributed by atoms with Crippen molar-refractivity contribution in [3.8, 4) is 11.3 Å². The molecule has 3 aromatic rings. The molecule has 2 N–H and O–H groups in total. The number of halogens is 3. The van der Waals surface area contributed by atoms with E-state index < -0.39 is 23.0 Å². The highest BCUT2D eigenvalue weighted by atomic mass is 32.2. The number of carbonyl (C=O) groups excluding carboxylic acids is 2. The Labute approximate surface area is 231 Å². The molecule has 5 heterocycles. The van der Waals surface area contributed by atoms with Crippen LogP contribution in [0.1, 0.15) is 41.2 Å². The van der Waals surface area contributed by atoms with Crippen molar-refractivity contribution in [2.24, 2.45) is 5.92 Å². The molecule has 0 unspecified atom stereocenters. The number of hydrogen-bond acceptors (Lipinski definition) is 10. The number of imide groups is 1. The molecule has 2 saturated heterocycles. The predicted molar refractivity (Wildman–Crippen MR) is 142 cm³/mol. The molecule has 2 aliphatic heterocycles. The summed E-state index contributed by atoms with van der Waals surface area (Å²) in [5.74, 6) is 0.847. The van der Waals surface area contributed by atoms with Gasteiger partial charge in [-0.2, -0.15) is 13.2 Å². The first-order valence-electron chi connectivity index (χ1n) is 12.6. The molecule has 0 spiro atoms. The van der Waals surface area contributed by atoms with Gasteiger partial charge in [-0.25, -0.2) is 15.0 Å². The minimum Gasteiger partial charge on any atom is -0.361 e. The summed E-state index contributed by atoms with van der Waals surface area (Å²) >= 11 is 0.834. The Balaban J connectivity index is 1.18. The van der Waals surface area contributed by atoms with E-state index in [9.17, 15) is 22.8 Å². The Morgan fingerprint density at radius 3 is 2.62 bits per heavy atom. The molecule has 0 atom stereocenters. The lowest BCUT2D eigenvalue weighted by Gasteiger charge is -2.32. The lowest BCUT2D eigenvalue weighted by atomic mass is 9.97. The summed E-state index contributed by atoms with van der Waals surface area (Å²) in [7, 11) is 0. The number of hydrogen-bond donors (Lipinski definition) is 2. The Kier molecular flexibility index (Phi) is 7.90. The maximum Gasteiger partial charge on any atom is 0.433 e. The highest BCUT2D eigenvalue weighted by Crippen LogP contribution is 2.33. The van der Waals surface area contributed by atoms with E-state index in [0.717, 1.165) is 30.7 Å². The third-order valence-corrected chi connectivity index (χ3v) is 7.52. The SMILES string of the molecule is Cc1noc(C)c1-c1cc(CNCC2CCN(c3nccc(C=C4SC(=O)NC4=O)n3)CC2)cc(C(F)(F)F)n1. The first-order valence-corrected chi connectivity index (χ1v) is 13.4. The van der Waals surface area contributed by atoms with Crippen LogP contribution in [0, 0.1) is 19.8 Å². The molecule has 3 aromatic heterocycles. The molecule has 14 heteroatoms. The summed E-state index contributed by atoms with van der Waals surface area (Å²) in [5, 5.41) is 8.95. The van der Waals surface area contributed by atoms with Crippen LogP contribution in [0.15, 0.2) is 33.8 Å². The number of piperidine rings is 1. The van der Waals surface area contributed by atoms with E-state index >= 15 is 0 Å². The second kappa shape index (κ2) is 11.4. The fourth-order valence-corrected chi connectivity index (χ4v) is 5.39. The maximum atomic E-state index is 13.6. The van der Waals surface area contributed by atoms with Gasteiger partial charge in [-0.05, 0) is 80.8 Å². The standard InChI is InChI=1S/C26H26F3N7O3S/c1-14-22(15(2)39-35-14)19-9-17(10-21(33-19)26(27,28)29)13-30-12-16-4-7-36(8-5-16)24-31-6-3-18(32-24)11-20-23(37)34-25(38)40-20/h3,6,9-11,16,30H,4-5,7-8,12-13H2,1-2H3,(H,34,37,38). The van der Waals surface area contributed by atoms with Gasteiger partial charge in [-0.1, -0.05) is 5.16 Å². The van der Waals surface area contributed by atoms with Crippen LogP contribution >= 0.6 is 11.8 Å². The fourth-order valence-electron chi connectivity index (χ4n) is 4.72. The molecule has 210 valence electrons. The molecule has 2 aliphatic rings. The van der Waals surface area contributed by atoms with Crippen LogP contribution in [0.2, 0.25) is 0 Å². The summed E-state index contributed by atoms with van der Waals surface area (Å²) in [6.45, 7) is 5.65. The largest absolute Gasteiger partial charge is 0.433 e. The van der Waals surface area contributed by atoms with Gasteiger partial charge >= 0.3 is 6.18 Å². The van der Waals surface area contributed by atoms with Crippen molar-refractivity contribution >= 4 is 34.9 Å². The van der Waals surface area contributed by atoms with Crippen molar-refractivity contribution in [3.63, 3.8) is 0 Å². The second-order valence-corrected chi connectivity index (χ2v) is 10.7. The molecule has 0 aromatic carbocycles. The fraction of sp³-hybridized carbons (Fsp3) is 0.385. The molecule has 0 bridgehead atoms. The number of alkyl halides is 3. The average molecular weight is 574 g/mol. The van der Waals surface area contributed by atoms with Gasteiger partial charge in [0.25, 0.3) is 11.1 Å². The quantitative estimate of drug-likeness (QED) is 0.391. The molecule has 5 rings (SSSR count). The monoisotopic (exact) mass is 573 g/mol. The Hall–Kier alpha value is -3.78. The van der Waals surface area contributed by atoms with Crippen molar-refractivity contribution in [2.75, 3.05) is 24.5 Å². The second-order valence-electron chi connectivity index (χ2n) is 9.64. The van der Waals surface area contributed by atoms with Crippen LogP contribution in [0.25, 0.3) is 17.3 Å². The van der Waals surface area contributed by atoms with Crippen LogP contribution in [0.4, 0.5) is 23.9 Å². The summed E-state index contributed by atoms with van der Waals surface area (Å²) in [6.07, 6.45) is 0.299. The number of aryl methyl sites for hydroxylation is 2. The highest BCUT2D eigenvalue weighted by Gasteiger charge is 2.34. The van der Waals surface area contributed by atoms with Crippen molar-refractivity contribution in [3.05, 3.63) is 57.7 Å². The molecular weight excluding hydrogens is 547 g/mol. The number of aromatic nitrogens is 4. The summed E-state index contributed by atoms with van der Waals surface area (Å²) < 4.78 is 45.8. The molecule has 2 amide bonds. The zero-order chi connectivity index (χ0) is 28.4. The van der Waals surface area contributed by atoms with Crippen LogP contribution in [0.3, 0.4) is 0 Å².